The fourth-order valence-corrected chi connectivity index (χ4v) is 8.73. The molecule has 1 saturated heterocycles. The number of hydrogen-bond donors (Lipinski definition) is 4. The molecule has 4 aliphatic rings. The number of nitrogens with one attached hydrogen (secondary N) is 4. The third-order valence-corrected chi connectivity index (χ3v) is 11.5. The summed E-state index contributed by atoms with van der Waals surface area (Å²) in [6.07, 6.45) is 6.71. The number of halogens is 1. The zero-order valence-corrected chi connectivity index (χ0v) is 33.4. The molecule has 1 aliphatic heterocycles. The Kier molecular flexibility index (Phi) is 13.9. The van der Waals surface area contributed by atoms with E-state index in [0.29, 0.717) is 18.4 Å². The molecule has 55 heavy (non-hydrogen) atoms. The monoisotopic (exact) mass is 784 g/mol. The zero-order chi connectivity index (χ0) is 40.0. The number of fused-ring (bicyclic) bond motifs is 1. The fraction of sp³-hybridized carbons (Fsp3) is 0.675. The van der Waals surface area contributed by atoms with Crippen LogP contribution in [-0.4, -0.2) is 108 Å². The molecular weight excluding hydrogens is 728 g/mol. The number of carbonyl (C=O) groups is 7. The lowest BCUT2D eigenvalue weighted by atomic mass is 9.83. The highest BCUT2D eigenvalue weighted by Crippen LogP contribution is 2.45. The first-order valence-corrected chi connectivity index (χ1v) is 20.1. The Balaban J connectivity index is 1.29. The molecule has 0 spiro atoms. The normalized spacial score (nSPS) is 24.1. The summed E-state index contributed by atoms with van der Waals surface area (Å²) in [5.41, 5.74) is -0.221. The lowest BCUT2D eigenvalue weighted by molar-refractivity contribution is -0.144. The minimum Gasteiger partial charge on any atom is -0.444 e. The minimum atomic E-state index is -1.19. The number of likely N-dealkylation sites (N-methyl/N-ethyl adjacent to an activating group) is 1. The first kappa shape index (κ1) is 42.0. The number of alkyl halides is 1. The van der Waals surface area contributed by atoms with Gasteiger partial charge in [-0.1, -0.05) is 62.4 Å². The zero-order valence-electron chi connectivity index (χ0n) is 32.6. The van der Waals surface area contributed by atoms with Gasteiger partial charge in [-0.2, -0.15) is 0 Å². The predicted molar refractivity (Wildman–Crippen MR) is 204 cm³/mol. The molecule has 6 amide bonds. The van der Waals surface area contributed by atoms with Gasteiger partial charge in [-0.05, 0) is 82.1 Å². The maximum absolute atomic E-state index is 14.5. The molecule has 3 saturated carbocycles. The number of benzene rings is 1. The van der Waals surface area contributed by atoms with Crippen molar-refractivity contribution in [2.45, 2.75) is 120 Å². The average molecular weight is 785 g/mol. The summed E-state index contributed by atoms with van der Waals surface area (Å²) < 4.78 is 5.54. The molecule has 5 rings (SSSR count). The highest BCUT2D eigenvalue weighted by molar-refractivity contribution is 6.38. The standard InChI is InChI=1S/C40H57ClN6O8/c1-40(2,3)55-39(54)45-32(25-14-10-7-11-15-25)38(53)47-22-26-19-27(41)20-28(26)33(47)35(50)43-29(18-23-16-17-23)34(49)36(51)42-21-30(48)44-31(37(52)46(4)5)24-12-8-6-9-13-24/h6,8-9,12-13,23,25-29,31-33H,7,10-11,14-22H2,1-5H3,(H,42,51)(H,43,50)(H,44,48)(H,45,54)/t26-,27?,28-,29?,31-,32-,33-/m0/s1. The molecule has 302 valence electrons. The van der Waals surface area contributed by atoms with Crippen LogP contribution in [0.25, 0.3) is 0 Å². The SMILES string of the molecule is CN(C)C(=O)[C@@H](NC(=O)CNC(=O)C(=O)C(CC1CC1)NC(=O)[C@@H]1[C@H]2CC(Cl)C[C@H]2CN1C(=O)[C@@H](NC(=O)OC(C)(C)C)C1CCCCC1)c1ccccc1. The molecule has 1 aromatic carbocycles. The van der Waals surface area contributed by atoms with Gasteiger partial charge in [0, 0.05) is 26.0 Å². The molecule has 3 aliphatic carbocycles. The van der Waals surface area contributed by atoms with Gasteiger partial charge in [0.25, 0.3) is 5.91 Å². The Morgan fingerprint density at radius 3 is 2.20 bits per heavy atom. The molecule has 1 heterocycles. The Bertz CT molecular complexity index is 1590. The Morgan fingerprint density at radius 2 is 1.58 bits per heavy atom. The smallest absolute Gasteiger partial charge is 0.408 e. The summed E-state index contributed by atoms with van der Waals surface area (Å²) in [7, 11) is 3.13. The summed E-state index contributed by atoms with van der Waals surface area (Å²) >= 11 is 6.59. The summed E-state index contributed by atoms with van der Waals surface area (Å²) in [5, 5.41) is 10.5. The summed E-state index contributed by atoms with van der Waals surface area (Å²) in [5.74, 6) is -4.23. The van der Waals surface area contributed by atoms with E-state index in [-0.39, 0.29) is 53.8 Å². The molecule has 7 atom stereocenters. The summed E-state index contributed by atoms with van der Waals surface area (Å²) in [6, 6.07) is 4.63. The third-order valence-electron chi connectivity index (χ3n) is 11.1. The first-order valence-electron chi connectivity index (χ1n) is 19.6. The van der Waals surface area contributed by atoms with Gasteiger partial charge < -0.3 is 35.8 Å². The average Bonchev–Trinajstić information content (AvgIpc) is 3.79. The van der Waals surface area contributed by atoms with Crippen LogP contribution < -0.4 is 21.3 Å². The largest absolute Gasteiger partial charge is 0.444 e. The van der Waals surface area contributed by atoms with Gasteiger partial charge in [-0.3, -0.25) is 28.8 Å². The van der Waals surface area contributed by atoms with Gasteiger partial charge in [-0.15, -0.1) is 11.6 Å². The van der Waals surface area contributed by atoms with Crippen LogP contribution in [0.3, 0.4) is 0 Å². The van der Waals surface area contributed by atoms with E-state index in [9.17, 15) is 33.6 Å². The van der Waals surface area contributed by atoms with E-state index >= 15 is 0 Å². The lowest BCUT2D eigenvalue weighted by Gasteiger charge is -2.36. The number of ether oxygens (including phenoxy) is 1. The van der Waals surface area contributed by atoms with Crippen LogP contribution in [0, 0.1) is 23.7 Å². The van der Waals surface area contributed by atoms with Gasteiger partial charge in [-0.25, -0.2) is 4.79 Å². The van der Waals surface area contributed by atoms with Crippen LogP contribution in [0.1, 0.15) is 96.6 Å². The maximum atomic E-state index is 14.5. The number of amides is 6. The second kappa shape index (κ2) is 18.2. The Hall–Kier alpha value is -4.20. The topological polar surface area (TPSA) is 183 Å². The third kappa shape index (κ3) is 11.2. The molecule has 15 heteroatoms. The molecular formula is C40H57ClN6O8. The van der Waals surface area contributed by atoms with Crippen molar-refractivity contribution in [3.05, 3.63) is 35.9 Å². The molecule has 0 radical (unpaired) electrons. The van der Waals surface area contributed by atoms with Crippen molar-refractivity contribution >= 4 is 53.0 Å². The minimum absolute atomic E-state index is 0.0470. The number of ketones is 1. The molecule has 2 unspecified atom stereocenters. The van der Waals surface area contributed by atoms with E-state index in [1.165, 1.54) is 4.90 Å². The number of rotatable bonds is 14. The highest BCUT2D eigenvalue weighted by atomic mass is 35.5. The second-order valence-electron chi connectivity index (χ2n) is 16.9. The predicted octanol–water partition coefficient (Wildman–Crippen LogP) is 3.22. The van der Waals surface area contributed by atoms with Gasteiger partial charge in [0.05, 0.1) is 12.6 Å². The number of nitrogens with zero attached hydrogens (tertiary/aromatic N) is 2. The second-order valence-corrected chi connectivity index (χ2v) is 17.5. The van der Waals surface area contributed by atoms with Crippen LogP contribution in [0.15, 0.2) is 30.3 Å². The van der Waals surface area contributed by atoms with E-state index in [4.69, 9.17) is 16.3 Å². The lowest BCUT2D eigenvalue weighted by Crippen LogP contribution is -2.59. The Morgan fingerprint density at radius 1 is 0.909 bits per heavy atom. The quantitative estimate of drug-likeness (QED) is 0.164. The number of Topliss-reactive ketones (excluding diaryl/α,β-unsaturated/α-hetero) is 1. The van der Waals surface area contributed by atoms with E-state index in [1.54, 1.807) is 70.1 Å². The van der Waals surface area contributed by atoms with E-state index in [1.807, 2.05) is 0 Å². The van der Waals surface area contributed by atoms with Crippen LogP contribution in [0.2, 0.25) is 0 Å². The van der Waals surface area contributed by atoms with Crippen molar-refractivity contribution in [1.82, 2.24) is 31.1 Å². The molecule has 4 N–H and O–H groups in total. The number of carbonyl (C=O) groups excluding carboxylic acids is 7. The molecule has 0 bridgehead atoms. The van der Waals surface area contributed by atoms with Crippen LogP contribution >= 0.6 is 11.6 Å². The number of alkyl carbamates (subject to hydrolysis) is 1. The van der Waals surface area contributed by atoms with Crippen molar-refractivity contribution < 1.29 is 38.3 Å². The van der Waals surface area contributed by atoms with Crippen LogP contribution in [-0.2, 0) is 33.5 Å². The first-order chi connectivity index (χ1) is 26.0. The van der Waals surface area contributed by atoms with Crippen LogP contribution in [0.4, 0.5) is 4.79 Å². The highest BCUT2D eigenvalue weighted by Gasteiger charge is 2.54. The fourth-order valence-electron chi connectivity index (χ4n) is 8.29. The molecule has 0 aromatic heterocycles. The van der Waals surface area contributed by atoms with Gasteiger partial charge >= 0.3 is 6.09 Å². The molecule has 1 aromatic rings. The van der Waals surface area contributed by atoms with Gasteiger partial charge in [0.15, 0.2) is 0 Å². The Labute approximate surface area is 328 Å². The van der Waals surface area contributed by atoms with E-state index in [0.717, 1.165) is 44.9 Å². The van der Waals surface area contributed by atoms with Crippen molar-refractivity contribution in [3.8, 4) is 0 Å². The number of likely N-dealkylation sites (tertiary alicyclic amines) is 1. The van der Waals surface area contributed by atoms with Crippen molar-refractivity contribution in [1.29, 1.82) is 0 Å². The van der Waals surface area contributed by atoms with Crippen LogP contribution in [0.5, 0.6) is 0 Å². The van der Waals surface area contributed by atoms with E-state index in [2.05, 4.69) is 21.3 Å². The number of hydrogen-bond acceptors (Lipinski definition) is 8. The molecule has 4 fully saturated rings. The summed E-state index contributed by atoms with van der Waals surface area (Å²) in [6.45, 7) is 4.95. The van der Waals surface area contributed by atoms with Crippen molar-refractivity contribution in [3.63, 3.8) is 0 Å². The van der Waals surface area contributed by atoms with E-state index < -0.39 is 65.9 Å². The molecule has 14 nitrogen and oxygen atoms in total. The van der Waals surface area contributed by atoms with Crippen molar-refractivity contribution in [2.75, 3.05) is 27.2 Å². The van der Waals surface area contributed by atoms with Gasteiger partial charge in [0.2, 0.25) is 29.4 Å². The van der Waals surface area contributed by atoms with Crippen molar-refractivity contribution in [2.24, 2.45) is 23.7 Å². The summed E-state index contributed by atoms with van der Waals surface area (Å²) in [4.78, 5) is 97.6. The van der Waals surface area contributed by atoms with Gasteiger partial charge in [0.1, 0.15) is 23.7 Å². The maximum Gasteiger partial charge on any atom is 0.408 e.